The van der Waals surface area contributed by atoms with Crippen molar-refractivity contribution >= 4 is 5.70 Å². The Hall–Kier alpha value is -1.24. The summed E-state index contributed by atoms with van der Waals surface area (Å²) in [5, 5.41) is 3.56. The number of hydrogen-bond acceptors (Lipinski definition) is 1. The third-order valence-corrected chi connectivity index (χ3v) is 3.37. The van der Waals surface area contributed by atoms with Crippen molar-refractivity contribution in [1.82, 2.24) is 5.32 Å². The lowest BCUT2D eigenvalue weighted by atomic mass is 9.90. The minimum atomic E-state index is 0.346. The molecule has 0 saturated heterocycles. The second kappa shape index (κ2) is 5.90. The average molecular weight is 231 g/mol. The van der Waals surface area contributed by atoms with Crippen LogP contribution < -0.4 is 5.32 Å². The van der Waals surface area contributed by atoms with Crippen molar-refractivity contribution in [2.45, 2.75) is 41.0 Å². The summed E-state index contributed by atoms with van der Waals surface area (Å²) in [5.74, 6) is 0. The Morgan fingerprint density at radius 1 is 1.24 bits per heavy atom. The summed E-state index contributed by atoms with van der Waals surface area (Å²) in [6.07, 6.45) is 3.33. The fourth-order valence-corrected chi connectivity index (χ4v) is 1.56. The van der Waals surface area contributed by atoms with Crippen LogP contribution in [0.25, 0.3) is 5.70 Å². The van der Waals surface area contributed by atoms with Crippen LogP contribution in [0.5, 0.6) is 0 Å². The molecule has 17 heavy (non-hydrogen) atoms. The first-order chi connectivity index (χ1) is 7.98. The van der Waals surface area contributed by atoms with Gasteiger partial charge in [-0.2, -0.15) is 0 Å². The van der Waals surface area contributed by atoms with E-state index in [4.69, 9.17) is 0 Å². The van der Waals surface area contributed by atoms with Gasteiger partial charge in [0.05, 0.1) is 0 Å². The molecule has 0 radical (unpaired) electrons. The summed E-state index contributed by atoms with van der Waals surface area (Å²) >= 11 is 0. The highest BCUT2D eigenvalue weighted by Crippen LogP contribution is 2.20. The SMILES string of the molecule is C/C=C(\NCC(C)(C)CC)c1ccc(C)cc1. The van der Waals surface area contributed by atoms with E-state index in [-0.39, 0.29) is 0 Å². The topological polar surface area (TPSA) is 12.0 Å². The minimum absolute atomic E-state index is 0.346. The van der Waals surface area contributed by atoms with Gasteiger partial charge in [-0.15, -0.1) is 0 Å². The van der Waals surface area contributed by atoms with E-state index in [1.807, 2.05) is 0 Å². The zero-order valence-electron chi connectivity index (χ0n) is 11.8. The Morgan fingerprint density at radius 2 is 1.82 bits per heavy atom. The fourth-order valence-electron chi connectivity index (χ4n) is 1.56. The van der Waals surface area contributed by atoms with Gasteiger partial charge in [0.1, 0.15) is 0 Å². The van der Waals surface area contributed by atoms with Gasteiger partial charge in [-0.05, 0) is 31.2 Å². The van der Waals surface area contributed by atoms with Gasteiger partial charge in [-0.3, -0.25) is 0 Å². The predicted octanol–water partition coefficient (Wildman–Crippen LogP) is 4.38. The summed E-state index contributed by atoms with van der Waals surface area (Å²) in [7, 11) is 0. The van der Waals surface area contributed by atoms with E-state index in [1.54, 1.807) is 0 Å². The lowest BCUT2D eigenvalue weighted by Gasteiger charge is -2.24. The maximum absolute atomic E-state index is 3.56. The molecule has 1 heteroatoms. The molecule has 0 aromatic heterocycles. The molecule has 1 aromatic rings. The lowest BCUT2D eigenvalue weighted by molar-refractivity contribution is 0.347. The monoisotopic (exact) mass is 231 g/mol. The van der Waals surface area contributed by atoms with Gasteiger partial charge < -0.3 is 5.32 Å². The molecule has 1 rings (SSSR count). The third kappa shape index (κ3) is 4.26. The van der Waals surface area contributed by atoms with Crippen LogP contribution in [0, 0.1) is 12.3 Å². The zero-order valence-corrected chi connectivity index (χ0v) is 11.8. The number of benzene rings is 1. The van der Waals surface area contributed by atoms with E-state index in [9.17, 15) is 0 Å². The van der Waals surface area contributed by atoms with E-state index >= 15 is 0 Å². The summed E-state index contributed by atoms with van der Waals surface area (Å²) in [4.78, 5) is 0. The van der Waals surface area contributed by atoms with Gasteiger partial charge in [0.25, 0.3) is 0 Å². The van der Waals surface area contributed by atoms with Crippen molar-refractivity contribution in [3.63, 3.8) is 0 Å². The quantitative estimate of drug-likeness (QED) is 0.793. The van der Waals surface area contributed by atoms with Crippen LogP contribution in [0.3, 0.4) is 0 Å². The van der Waals surface area contributed by atoms with Crippen LogP contribution in [0.2, 0.25) is 0 Å². The van der Waals surface area contributed by atoms with E-state index in [2.05, 4.69) is 70.3 Å². The highest BCUT2D eigenvalue weighted by Gasteiger charge is 2.15. The van der Waals surface area contributed by atoms with Gasteiger partial charge >= 0.3 is 0 Å². The molecule has 0 aliphatic carbocycles. The Morgan fingerprint density at radius 3 is 2.29 bits per heavy atom. The summed E-state index contributed by atoms with van der Waals surface area (Å²) in [6.45, 7) is 12.0. The normalized spacial score (nSPS) is 12.6. The molecule has 94 valence electrons. The van der Waals surface area contributed by atoms with Crippen molar-refractivity contribution in [2.75, 3.05) is 6.54 Å². The number of allylic oxidation sites excluding steroid dienone is 1. The molecule has 0 atom stereocenters. The standard InChI is InChI=1S/C16H25N/c1-6-15(17-12-16(4,5)7-2)14-10-8-13(3)9-11-14/h6,8-11,17H,7,12H2,1-5H3/b15-6-. The van der Waals surface area contributed by atoms with Gasteiger partial charge in [-0.25, -0.2) is 0 Å². The fraction of sp³-hybridized carbons (Fsp3) is 0.500. The zero-order chi connectivity index (χ0) is 12.9. The van der Waals surface area contributed by atoms with E-state index < -0.39 is 0 Å². The van der Waals surface area contributed by atoms with Crippen molar-refractivity contribution < 1.29 is 0 Å². The Bertz CT molecular complexity index is 371. The lowest BCUT2D eigenvalue weighted by Crippen LogP contribution is -2.27. The summed E-state index contributed by atoms with van der Waals surface area (Å²) in [6, 6.07) is 8.67. The van der Waals surface area contributed by atoms with Crippen LogP contribution in [-0.4, -0.2) is 6.54 Å². The second-order valence-electron chi connectivity index (χ2n) is 5.44. The van der Waals surface area contributed by atoms with Crippen molar-refractivity contribution in [2.24, 2.45) is 5.41 Å². The van der Waals surface area contributed by atoms with Crippen molar-refractivity contribution in [3.05, 3.63) is 41.5 Å². The second-order valence-corrected chi connectivity index (χ2v) is 5.44. The van der Waals surface area contributed by atoms with E-state index in [0.717, 1.165) is 6.54 Å². The van der Waals surface area contributed by atoms with Crippen LogP contribution in [-0.2, 0) is 0 Å². The van der Waals surface area contributed by atoms with Crippen LogP contribution >= 0.6 is 0 Å². The molecule has 0 aliphatic heterocycles. The number of hydrogen-bond donors (Lipinski definition) is 1. The predicted molar refractivity (Wildman–Crippen MR) is 76.9 cm³/mol. The van der Waals surface area contributed by atoms with Crippen LogP contribution in [0.1, 0.15) is 45.2 Å². The maximum atomic E-state index is 3.56. The van der Waals surface area contributed by atoms with Gasteiger partial charge in [0.2, 0.25) is 0 Å². The van der Waals surface area contributed by atoms with Crippen LogP contribution in [0.4, 0.5) is 0 Å². The number of nitrogens with one attached hydrogen (secondary N) is 1. The summed E-state index contributed by atoms with van der Waals surface area (Å²) < 4.78 is 0. The highest BCUT2D eigenvalue weighted by atomic mass is 14.9. The highest BCUT2D eigenvalue weighted by molar-refractivity contribution is 5.63. The molecule has 0 saturated carbocycles. The van der Waals surface area contributed by atoms with Gasteiger partial charge in [0, 0.05) is 12.2 Å². The molecule has 0 amide bonds. The molecule has 0 spiro atoms. The largest absolute Gasteiger partial charge is 0.384 e. The molecule has 0 heterocycles. The van der Waals surface area contributed by atoms with Crippen molar-refractivity contribution in [1.29, 1.82) is 0 Å². The smallest absolute Gasteiger partial charge is 0.0370 e. The van der Waals surface area contributed by atoms with Gasteiger partial charge in [-0.1, -0.05) is 56.7 Å². The Balaban J connectivity index is 2.71. The van der Waals surface area contributed by atoms with E-state index in [1.165, 1.54) is 23.2 Å². The molecule has 0 aliphatic rings. The Kier molecular flexibility index (Phi) is 4.80. The maximum Gasteiger partial charge on any atom is 0.0370 e. The molecule has 1 aromatic carbocycles. The number of aryl methyl sites for hydroxylation is 1. The first kappa shape index (κ1) is 13.8. The first-order valence-corrected chi connectivity index (χ1v) is 6.46. The minimum Gasteiger partial charge on any atom is -0.384 e. The third-order valence-electron chi connectivity index (χ3n) is 3.37. The molecular weight excluding hydrogens is 206 g/mol. The molecule has 1 nitrogen and oxygen atoms in total. The van der Waals surface area contributed by atoms with Crippen molar-refractivity contribution in [3.8, 4) is 0 Å². The number of rotatable bonds is 5. The molecule has 0 bridgehead atoms. The van der Waals surface area contributed by atoms with Crippen LogP contribution in [0.15, 0.2) is 30.3 Å². The van der Waals surface area contributed by atoms with Gasteiger partial charge in [0.15, 0.2) is 0 Å². The molecule has 1 N–H and O–H groups in total. The van der Waals surface area contributed by atoms with E-state index in [0.29, 0.717) is 5.41 Å². The molecule has 0 fully saturated rings. The first-order valence-electron chi connectivity index (χ1n) is 6.46. The molecule has 0 unspecified atom stereocenters. The molecular formula is C16H25N. The Labute approximate surface area is 106 Å². The average Bonchev–Trinajstić information content (AvgIpc) is 2.32. The summed E-state index contributed by atoms with van der Waals surface area (Å²) in [5.41, 5.74) is 4.15.